The number of carboxylic acids is 1. The Hall–Kier alpha value is -1.06. The van der Waals surface area contributed by atoms with Crippen LogP contribution in [0.3, 0.4) is 0 Å². The molecule has 0 radical (unpaired) electrons. The van der Waals surface area contributed by atoms with E-state index in [1.54, 1.807) is 0 Å². The molecule has 3 nitrogen and oxygen atoms in total. The molecule has 0 spiro atoms. The summed E-state index contributed by atoms with van der Waals surface area (Å²) in [5.74, 6) is -0.454. The molecule has 1 aromatic carbocycles. The van der Waals surface area contributed by atoms with Gasteiger partial charge in [-0.1, -0.05) is 30.3 Å². The summed E-state index contributed by atoms with van der Waals surface area (Å²) in [6.45, 7) is 0.573. The predicted molar refractivity (Wildman–Crippen MR) is 67.0 cm³/mol. The van der Waals surface area contributed by atoms with E-state index in [1.807, 2.05) is 30.3 Å². The summed E-state index contributed by atoms with van der Waals surface area (Å²) in [5, 5.41) is 8.54. The van der Waals surface area contributed by atoms with Gasteiger partial charge in [-0.3, -0.25) is 4.79 Å². The minimum atomic E-state index is -0.737. The normalized spacial score (nSPS) is 11.6. The lowest BCUT2D eigenvalue weighted by molar-refractivity contribution is -0.137. The van der Waals surface area contributed by atoms with Crippen LogP contribution < -0.4 is 5.73 Å². The summed E-state index contributed by atoms with van der Waals surface area (Å²) in [4.78, 5) is 10.4. The van der Waals surface area contributed by atoms with Gasteiger partial charge in [0.25, 0.3) is 0 Å². The first-order chi connectivity index (χ1) is 7.24. The van der Waals surface area contributed by atoms with E-state index < -0.39 is 5.97 Å². The third-order valence-corrected chi connectivity index (χ3v) is 2.50. The van der Waals surface area contributed by atoms with Crippen LogP contribution in [-0.4, -0.2) is 17.6 Å². The van der Waals surface area contributed by atoms with E-state index in [0.29, 0.717) is 13.0 Å². The van der Waals surface area contributed by atoms with Gasteiger partial charge in [-0.25, -0.2) is 0 Å². The van der Waals surface area contributed by atoms with Gasteiger partial charge in [0.05, 0.1) is 0 Å². The SMILES string of the molecule is Cl.NCC(CCCC(=O)O)c1ccccc1. The minimum absolute atomic E-state index is 0. The summed E-state index contributed by atoms with van der Waals surface area (Å²) in [7, 11) is 0. The van der Waals surface area contributed by atoms with Gasteiger partial charge in [-0.2, -0.15) is 0 Å². The Kier molecular flexibility index (Phi) is 7.60. The molecule has 16 heavy (non-hydrogen) atoms. The maximum absolute atomic E-state index is 10.4. The lowest BCUT2D eigenvalue weighted by atomic mass is 9.94. The fraction of sp³-hybridized carbons (Fsp3) is 0.417. The van der Waals surface area contributed by atoms with Crippen molar-refractivity contribution in [2.24, 2.45) is 5.73 Å². The van der Waals surface area contributed by atoms with Gasteiger partial charge >= 0.3 is 5.97 Å². The standard InChI is InChI=1S/C12H17NO2.ClH/c13-9-11(7-4-8-12(14)15)10-5-2-1-3-6-10;/h1-3,5-6,11H,4,7-9,13H2,(H,14,15);1H. The van der Waals surface area contributed by atoms with E-state index in [0.717, 1.165) is 6.42 Å². The minimum Gasteiger partial charge on any atom is -0.481 e. The quantitative estimate of drug-likeness (QED) is 0.807. The molecule has 0 bridgehead atoms. The first-order valence-corrected chi connectivity index (χ1v) is 5.21. The van der Waals surface area contributed by atoms with E-state index in [4.69, 9.17) is 10.8 Å². The van der Waals surface area contributed by atoms with Crippen molar-refractivity contribution in [1.82, 2.24) is 0 Å². The highest BCUT2D eigenvalue weighted by molar-refractivity contribution is 5.85. The molecule has 0 aliphatic rings. The average Bonchev–Trinajstić information content (AvgIpc) is 2.25. The number of carboxylic acid groups (broad SMARTS) is 1. The molecule has 0 fully saturated rings. The summed E-state index contributed by atoms with van der Waals surface area (Å²) in [5.41, 5.74) is 6.87. The first-order valence-electron chi connectivity index (χ1n) is 5.21. The number of hydrogen-bond donors (Lipinski definition) is 2. The summed E-state index contributed by atoms with van der Waals surface area (Å²) >= 11 is 0. The van der Waals surface area contributed by atoms with Crippen molar-refractivity contribution in [3.05, 3.63) is 35.9 Å². The summed E-state index contributed by atoms with van der Waals surface area (Å²) in [6.07, 6.45) is 1.75. The average molecular weight is 244 g/mol. The smallest absolute Gasteiger partial charge is 0.303 e. The van der Waals surface area contributed by atoms with Crippen molar-refractivity contribution in [2.45, 2.75) is 25.2 Å². The van der Waals surface area contributed by atoms with E-state index in [-0.39, 0.29) is 24.7 Å². The second-order valence-electron chi connectivity index (χ2n) is 3.63. The Morgan fingerprint density at radius 1 is 1.31 bits per heavy atom. The zero-order valence-electron chi connectivity index (χ0n) is 9.13. The van der Waals surface area contributed by atoms with E-state index in [9.17, 15) is 4.79 Å². The highest BCUT2D eigenvalue weighted by Crippen LogP contribution is 2.20. The van der Waals surface area contributed by atoms with Gasteiger partial charge in [0.15, 0.2) is 0 Å². The van der Waals surface area contributed by atoms with Crippen molar-refractivity contribution in [3.63, 3.8) is 0 Å². The molecule has 90 valence electrons. The van der Waals surface area contributed by atoms with Crippen LogP contribution in [0.2, 0.25) is 0 Å². The highest BCUT2D eigenvalue weighted by atomic mass is 35.5. The number of halogens is 1. The van der Waals surface area contributed by atoms with Crippen LogP contribution in [-0.2, 0) is 4.79 Å². The van der Waals surface area contributed by atoms with Gasteiger partial charge in [0, 0.05) is 6.42 Å². The molecule has 0 aliphatic carbocycles. The third kappa shape index (κ3) is 5.14. The van der Waals surface area contributed by atoms with Gasteiger partial charge in [-0.05, 0) is 30.9 Å². The summed E-state index contributed by atoms with van der Waals surface area (Å²) in [6, 6.07) is 10.0. The van der Waals surface area contributed by atoms with E-state index in [2.05, 4.69) is 0 Å². The number of aliphatic carboxylic acids is 1. The van der Waals surface area contributed by atoms with Crippen molar-refractivity contribution < 1.29 is 9.90 Å². The second kappa shape index (κ2) is 8.13. The van der Waals surface area contributed by atoms with Crippen LogP contribution in [0.5, 0.6) is 0 Å². The van der Waals surface area contributed by atoms with Crippen molar-refractivity contribution in [1.29, 1.82) is 0 Å². The van der Waals surface area contributed by atoms with Crippen LogP contribution in [0.4, 0.5) is 0 Å². The molecule has 4 heteroatoms. The second-order valence-corrected chi connectivity index (χ2v) is 3.63. The fourth-order valence-corrected chi connectivity index (χ4v) is 1.65. The van der Waals surface area contributed by atoms with Gasteiger partial charge < -0.3 is 10.8 Å². The van der Waals surface area contributed by atoms with E-state index in [1.165, 1.54) is 5.56 Å². The first kappa shape index (κ1) is 14.9. The lowest BCUT2D eigenvalue weighted by Crippen LogP contribution is -2.12. The van der Waals surface area contributed by atoms with Gasteiger partial charge in [0.1, 0.15) is 0 Å². The summed E-state index contributed by atoms with van der Waals surface area (Å²) < 4.78 is 0. The van der Waals surface area contributed by atoms with Crippen molar-refractivity contribution >= 4 is 18.4 Å². The van der Waals surface area contributed by atoms with Gasteiger partial charge in [-0.15, -0.1) is 12.4 Å². The van der Waals surface area contributed by atoms with Gasteiger partial charge in [0.2, 0.25) is 0 Å². The topological polar surface area (TPSA) is 63.3 Å². The fourth-order valence-electron chi connectivity index (χ4n) is 1.65. The molecule has 3 N–H and O–H groups in total. The van der Waals surface area contributed by atoms with Crippen molar-refractivity contribution in [3.8, 4) is 0 Å². The zero-order valence-corrected chi connectivity index (χ0v) is 9.95. The largest absolute Gasteiger partial charge is 0.481 e. The van der Waals surface area contributed by atoms with Crippen LogP contribution >= 0.6 is 12.4 Å². The number of rotatable bonds is 6. The molecule has 0 saturated carbocycles. The molecule has 0 aromatic heterocycles. The molecular formula is C12H18ClNO2. The van der Waals surface area contributed by atoms with E-state index >= 15 is 0 Å². The zero-order chi connectivity index (χ0) is 11.1. The predicted octanol–water partition coefficient (Wildman–Crippen LogP) is 2.41. The lowest BCUT2D eigenvalue weighted by Gasteiger charge is -2.14. The Morgan fingerprint density at radius 2 is 1.94 bits per heavy atom. The highest BCUT2D eigenvalue weighted by Gasteiger charge is 2.09. The molecule has 0 amide bonds. The maximum Gasteiger partial charge on any atom is 0.303 e. The molecule has 0 heterocycles. The van der Waals surface area contributed by atoms with Crippen LogP contribution in [0.25, 0.3) is 0 Å². The third-order valence-electron chi connectivity index (χ3n) is 2.50. The number of carbonyl (C=O) groups is 1. The molecule has 1 aromatic rings. The van der Waals surface area contributed by atoms with Crippen LogP contribution in [0.1, 0.15) is 30.7 Å². The molecule has 1 atom stereocenters. The number of nitrogens with two attached hydrogens (primary N) is 1. The Balaban J connectivity index is 0.00000225. The van der Waals surface area contributed by atoms with Crippen LogP contribution in [0, 0.1) is 0 Å². The number of hydrogen-bond acceptors (Lipinski definition) is 2. The molecular weight excluding hydrogens is 226 g/mol. The molecule has 0 saturated heterocycles. The molecule has 1 rings (SSSR count). The van der Waals surface area contributed by atoms with Crippen LogP contribution in [0.15, 0.2) is 30.3 Å². The number of benzene rings is 1. The Labute approximate surface area is 102 Å². The maximum atomic E-state index is 10.4. The molecule has 0 aliphatic heterocycles. The Morgan fingerprint density at radius 3 is 2.44 bits per heavy atom. The Bertz CT molecular complexity index is 303. The molecule has 1 unspecified atom stereocenters. The van der Waals surface area contributed by atoms with Crippen molar-refractivity contribution in [2.75, 3.05) is 6.54 Å². The monoisotopic (exact) mass is 243 g/mol.